The summed E-state index contributed by atoms with van der Waals surface area (Å²) in [6, 6.07) is 1.38. The summed E-state index contributed by atoms with van der Waals surface area (Å²) in [7, 11) is 0. The standard InChI is InChI=1S/C16H18N6O2/c1-9-3-10(2)22-15(20-9)11(5-19-22)6-21-7-13-12(17-8-18-13)4-14(21)16(23)24/h3,5,8,14H,4,6-7H2,1-2H3,(H,17,18)(H,23,24)/t14-/m1/s1. The van der Waals surface area contributed by atoms with Crippen molar-refractivity contribution in [3.63, 3.8) is 0 Å². The van der Waals surface area contributed by atoms with E-state index in [0.29, 0.717) is 19.5 Å². The van der Waals surface area contributed by atoms with Gasteiger partial charge < -0.3 is 10.1 Å². The van der Waals surface area contributed by atoms with E-state index >= 15 is 0 Å². The average molecular weight is 326 g/mol. The van der Waals surface area contributed by atoms with Crippen LogP contribution < -0.4 is 0 Å². The first kappa shape index (κ1) is 14.8. The van der Waals surface area contributed by atoms with Crippen LogP contribution in [0, 0.1) is 13.8 Å². The number of H-pyrrole nitrogens is 1. The number of aryl methyl sites for hydroxylation is 2. The Kier molecular flexibility index (Phi) is 3.34. The number of carboxylic acid groups (broad SMARTS) is 1. The summed E-state index contributed by atoms with van der Waals surface area (Å²) in [5, 5.41) is 14.0. The quantitative estimate of drug-likeness (QED) is 0.747. The molecule has 1 aliphatic heterocycles. The number of aromatic nitrogens is 5. The van der Waals surface area contributed by atoms with E-state index in [1.54, 1.807) is 17.0 Å². The second-order valence-corrected chi connectivity index (χ2v) is 6.24. The zero-order valence-corrected chi connectivity index (χ0v) is 13.5. The van der Waals surface area contributed by atoms with Crippen molar-refractivity contribution in [1.82, 2.24) is 29.5 Å². The van der Waals surface area contributed by atoms with E-state index in [9.17, 15) is 9.90 Å². The lowest BCUT2D eigenvalue weighted by atomic mass is 10.0. The minimum absolute atomic E-state index is 0.402. The average Bonchev–Trinajstić information content (AvgIpc) is 3.13. The number of hydrogen-bond acceptors (Lipinski definition) is 5. The zero-order chi connectivity index (χ0) is 16.8. The van der Waals surface area contributed by atoms with Gasteiger partial charge in [-0.15, -0.1) is 0 Å². The van der Waals surface area contributed by atoms with Gasteiger partial charge in [0.05, 0.1) is 23.9 Å². The molecular weight excluding hydrogens is 308 g/mol. The van der Waals surface area contributed by atoms with Crippen molar-refractivity contribution in [2.24, 2.45) is 0 Å². The summed E-state index contributed by atoms with van der Waals surface area (Å²) in [5.41, 5.74) is 5.45. The molecule has 0 aliphatic carbocycles. The number of nitrogens with zero attached hydrogens (tertiary/aromatic N) is 5. The minimum atomic E-state index is -0.833. The van der Waals surface area contributed by atoms with Crippen LogP contribution >= 0.6 is 0 Å². The first-order valence-electron chi connectivity index (χ1n) is 7.82. The number of carboxylic acids is 1. The first-order valence-corrected chi connectivity index (χ1v) is 7.82. The van der Waals surface area contributed by atoms with Crippen LogP contribution in [0.2, 0.25) is 0 Å². The van der Waals surface area contributed by atoms with E-state index in [1.807, 2.05) is 24.8 Å². The molecule has 24 heavy (non-hydrogen) atoms. The number of aromatic amines is 1. The molecule has 4 heterocycles. The maximum atomic E-state index is 11.7. The molecule has 3 aromatic rings. The maximum Gasteiger partial charge on any atom is 0.321 e. The fourth-order valence-corrected chi connectivity index (χ4v) is 3.34. The molecule has 0 amide bonds. The van der Waals surface area contributed by atoms with Crippen molar-refractivity contribution < 1.29 is 9.90 Å². The van der Waals surface area contributed by atoms with Crippen LogP contribution in [0.5, 0.6) is 0 Å². The molecule has 1 atom stereocenters. The molecule has 0 saturated heterocycles. The molecule has 0 unspecified atom stereocenters. The molecule has 0 radical (unpaired) electrons. The number of hydrogen-bond donors (Lipinski definition) is 2. The molecule has 0 aromatic carbocycles. The monoisotopic (exact) mass is 326 g/mol. The van der Waals surface area contributed by atoms with E-state index in [4.69, 9.17) is 0 Å². The molecule has 4 rings (SSSR count). The number of carbonyl (C=O) groups is 1. The van der Waals surface area contributed by atoms with Crippen molar-refractivity contribution in [1.29, 1.82) is 0 Å². The molecule has 8 heteroatoms. The van der Waals surface area contributed by atoms with Gasteiger partial charge in [0, 0.05) is 36.5 Å². The van der Waals surface area contributed by atoms with Gasteiger partial charge in [-0.25, -0.2) is 14.5 Å². The molecule has 8 nitrogen and oxygen atoms in total. The number of aliphatic carboxylic acids is 1. The Morgan fingerprint density at radius 3 is 3.08 bits per heavy atom. The summed E-state index contributed by atoms with van der Waals surface area (Å²) in [6.07, 6.45) is 3.80. The van der Waals surface area contributed by atoms with Crippen molar-refractivity contribution in [3.8, 4) is 0 Å². The second kappa shape index (κ2) is 5.41. The van der Waals surface area contributed by atoms with Gasteiger partial charge in [0.2, 0.25) is 0 Å². The Labute approximate surface area is 138 Å². The number of nitrogens with one attached hydrogen (secondary N) is 1. The third-order valence-corrected chi connectivity index (χ3v) is 4.51. The van der Waals surface area contributed by atoms with Gasteiger partial charge in [-0.1, -0.05) is 0 Å². The summed E-state index contributed by atoms with van der Waals surface area (Å²) in [5.74, 6) is -0.833. The van der Waals surface area contributed by atoms with Gasteiger partial charge in [0.25, 0.3) is 0 Å². The highest BCUT2D eigenvalue weighted by Gasteiger charge is 2.33. The van der Waals surface area contributed by atoms with E-state index < -0.39 is 12.0 Å². The fourth-order valence-electron chi connectivity index (χ4n) is 3.34. The van der Waals surface area contributed by atoms with Crippen LogP contribution in [0.3, 0.4) is 0 Å². The highest BCUT2D eigenvalue weighted by Crippen LogP contribution is 2.24. The first-order chi connectivity index (χ1) is 11.5. The summed E-state index contributed by atoms with van der Waals surface area (Å²) < 4.78 is 1.80. The Morgan fingerprint density at radius 2 is 2.29 bits per heavy atom. The lowest BCUT2D eigenvalue weighted by Crippen LogP contribution is -2.45. The van der Waals surface area contributed by atoms with Crippen LogP contribution in [0.4, 0.5) is 0 Å². The van der Waals surface area contributed by atoms with Crippen LogP contribution in [0.25, 0.3) is 5.65 Å². The third kappa shape index (κ3) is 2.35. The zero-order valence-electron chi connectivity index (χ0n) is 13.5. The predicted octanol–water partition coefficient (Wildman–Crippen LogP) is 1.08. The van der Waals surface area contributed by atoms with Crippen molar-refractivity contribution >= 4 is 11.6 Å². The number of imidazole rings is 1. The fraction of sp³-hybridized carbons (Fsp3) is 0.375. The molecule has 0 fully saturated rings. The number of fused-ring (bicyclic) bond motifs is 2. The smallest absolute Gasteiger partial charge is 0.321 e. The minimum Gasteiger partial charge on any atom is -0.480 e. The van der Waals surface area contributed by atoms with Crippen molar-refractivity contribution in [2.75, 3.05) is 0 Å². The summed E-state index contributed by atoms with van der Waals surface area (Å²) in [4.78, 5) is 25.5. The molecule has 3 aromatic heterocycles. The predicted molar refractivity (Wildman–Crippen MR) is 85.4 cm³/mol. The van der Waals surface area contributed by atoms with Gasteiger partial charge in [0.15, 0.2) is 5.65 Å². The van der Waals surface area contributed by atoms with E-state index in [-0.39, 0.29) is 0 Å². The Hall–Kier alpha value is -2.74. The Morgan fingerprint density at radius 1 is 1.46 bits per heavy atom. The Balaban J connectivity index is 1.70. The van der Waals surface area contributed by atoms with Crippen molar-refractivity contribution in [3.05, 3.63) is 46.9 Å². The van der Waals surface area contributed by atoms with Gasteiger partial charge >= 0.3 is 5.97 Å². The van der Waals surface area contributed by atoms with E-state index in [2.05, 4.69) is 20.1 Å². The highest BCUT2D eigenvalue weighted by molar-refractivity contribution is 5.74. The topological polar surface area (TPSA) is 99.4 Å². The molecule has 124 valence electrons. The Bertz CT molecular complexity index is 928. The van der Waals surface area contributed by atoms with Gasteiger partial charge in [-0.2, -0.15) is 5.10 Å². The molecule has 0 saturated carbocycles. The lowest BCUT2D eigenvalue weighted by Gasteiger charge is -2.31. The summed E-state index contributed by atoms with van der Waals surface area (Å²) >= 11 is 0. The highest BCUT2D eigenvalue weighted by atomic mass is 16.4. The van der Waals surface area contributed by atoms with Gasteiger partial charge in [0.1, 0.15) is 6.04 Å². The molecule has 1 aliphatic rings. The van der Waals surface area contributed by atoms with Crippen LogP contribution in [0.1, 0.15) is 28.3 Å². The number of rotatable bonds is 3. The van der Waals surface area contributed by atoms with Gasteiger partial charge in [-0.05, 0) is 19.9 Å². The lowest BCUT2D eigenvalue weighted by molar-refractivity contribution is -0.144. The third-order valence-electron chi connectivity index (χ3n) is 4.51. The molecule has 0 bridgehead atoms. The second-order valence-electron chi connectivity index (χ2n) is 6.24. The molecular formula is C16H18N6O2. The summed E-state index contributed by atoms with van der Waals surface area (Å²) in [6.45, 7) is 4.93. The SMILES string of the molecule is Cc1cc(C)n2ncc(CN3Cc4[nH]cnc4C[C@@H]3C(=O)O)c2n1. The van der Waals surface area contributed by atoms with Gasteiger partial charge in [-0.3, -0.25) is 9.69 Å². The van der Waals surface area contributed by atoms with E-state index in [1.165, 1.54) is 0 Å². The molecule has 0 spiro atoms. The van der Waals surface area contributed by atoms with Crippen LogP contribution in [0.15, 0.2) is 18.6 Å². The van der Waals surface area contributed by atoms with Crippen LogP contribution in [-0.2, 0) is 24.3 Å². The maximum absolute atomic E-state index is 11.7. The van der Waals surface area contributed by atoms with E-state index in [0.717, 1.165) is 34.0 Å². The van der Waals surface area contributed by atoms with Crippen molar-refractivity contribution in [2.45, 2.75) is 39.4 Å². The molecule has 2 N–H and O–H groups in total. The largest absolute Gasteiger partial charge is 0.480 e. The van der Waals surface area contributed by atoms with Crippen LogP contribution in [-0.4, -0.2) is 46.6 Å². The normalized spacial score (nSPS) is 18.0.